The molecule has 0 aromatic carbocycles. The van der Waals surface area contributed by atoms with Gasteiger partial charge in [-0.3, -0.25) is 0 Å². The Hall–Kier alpha value is -1.20. The SMILES string of the molecule is OC(CF)c1ccc(N2CCNCC2)nc1. The summed E-state index contributed by atoms with van der Waals surface area (Å²) < 4.78 is 12.2. The minimum atomic E-state index is -1.05. The van der Waals surface area contributed by atoms with Crippen LogP contribution < -0.4 is 10.2 Å². The quantitative estimate of drug-likeness (QED) is 0.786. The predicted molar refractivity (Wildman–Crippen MR) is 60.3 cm³/mol. The van der Waals surface area contributed by atoms with Crippen molar-refractivity contribution < 1.29 is 9.50 Å². The maximum Gasteiger partial charge on any atom is 0.128 e. The highest BCUT2D eigenvalue weighted by Gasteiger charge is 2.12. The number of hydrogen-bond acceptors (Lipinski definition) is 4. The summed E-state index contributed by atoms with van der Waals surface area (Å²) in [5.74, 6) is 0.885. The van der Waals surface area contributed by atoms with Crippen LogP contribution in [0.25, 0.3) is 0 Å². The van der Waals surface area contributed by atoms with Crippen LogP contribution in [-0.2, 0) is 0 Å². The van der Waals surface area contributed by atoms with Crippen LogP contribution in [0.3, 0.4) is 0 Å². The molecule has 0 amide bonds. The van der Waals surface area contributed by atoms with Crippen LogP contribution in [0.15, 0.2) is 18.3 Å². The lowest BCUT2D eigenvalue weighted by Crippen LogP contribution is -2.43. The van der Waals surface area contributed by atoms with Gasteiger partial charge >= 0.3 is 0 Å². The van der Waals surface area contributed by atoms with Gasteiger partial charge in [0.15, 0.2) is 0 Å². The fraction of sp³-hybridized carbons (Fsp3) is 0.545. The summed E-state index contributed by atoms with van der Waals surface area (Å²) in [5, 5.41) is 12.6. The molecule has 1 unspecified atom stereocenters. The molecule has 0 aliphatic carbocycles. The molecule has 5 heteroatoms. The van der Waals surface area contributed by atoms with Crippen LogP contribution in [0.2, 0.25) is 0 Å². The first-order valence-electron chi connectivity index (χ1n) is 5.47. The molecule has 0 bridgehead atoms. The number of pyridine rings is 1. The molecule has 1 aromatic rings. The normalized spacial score (nSPS) is 18.5. The molecule has 1 fully saturated rings. The van der Waals surface area contributed by atoms with E-state index in [9.17, 15) is 9.50 Å². The van der Waals surface area contributed by atoms with Crippen LogP contribution in [-0.4, -0.2) is 42.9 Å². The number of rotatable bonds is 3. The third kappa shape index (κ3) is 2.48. The van der Waals surface area contributed by atoms with Crippen LogP contribution in [0.4, 0.5) is 10.2 Å². The zero-order chi connectivity index (χ0) is 11.4. The van der Waals surface area contributed by atoms with Crippen LogP contribution >= 0.6 is 0 Å². The van der Waals surface area contributed by atoms with E-state index in [0.29, 0.717) is 5.56 Å². The van der Waals surface area contributed by atoms with Crippen molar-refractivity contribution in [2.75, 3.05) is 37.8 Å². The van der Waals surface area contributed by atoms with Gasteiger partial charge in [-0.05, 0) is 6.07 Å². The lowest BCUT2D eigenvalue weighted by atomic mass is 10.2. The first kappa shape index (κ1) is 11.3. The first-order chi connectivity index (χ1) is 7.81. The zero-order valence-corrected chi connectivity index (χ0v) is 9.06. The molecule has 88 valence electrons. The smallest absolute Gasteiger partial charge is 0.128 e. The Labute approximate surface area is 94.1 Å². The minimum absolute atomic E-state index is 0.529. The highest BCUT2D eigenvalue weighted by molar-refractivity contribution is 5.40. The Morgan fingerprint density at radius 2 is 2.19 bits per heavy atom. The number of hydrogen-bond donors (Lipinski definition) is 2. The number of aliphatic hydroxyl groups is 1. The fourth-order valence-electron chi connectivity index (χ4n) is 1.76. The second-order valence-electron chi connectivity index (χ2n) is 3.86. The average Bonchev–Trinajstić information content (AvgIpc) is 2.39. The molecule has 2 heterocycles. The monoisotopic (exact) mass is 225 g/mol. The zero-order valence-electron chi connectivity index (χ0n) is 9.06. The Balaban J connectivity index is 2.06. The topological polar surface area (TPSA) is 48.4 Å². The molecule has 4 nitrogen and oxygen atoms in total. The van der Waals surface area contributed by atoms with E-state index in [-0.39, 0.29) is 0 Å². The summed E-state index contributed by atoms with van der Waals surface area (Å²) in [5.41, 5.74) is 0.529. The molecule has 16 heavy (non-hydrogen) atoms. The van der Waals surface area contributed by atoms with E-state index in [1.165, 1.54) is 0 Å². The van der Waals surface area contributed by atoms with Crippen LogP contribution in [0.5, 0.6) is 0 Å². The van der Waals surface area contributed by atoms with Gasteiger partial charge in [0.1, 0.15) is 18.6 Å². The fourth-order valence-corrected chi connectivity index (χ4v) is 1.76. The van der Waals surface area contributed by atoms with E-state index >= 15 is 0 Å². The summed E-state index contributed by atoms with van der Waals surface area (Å²) in [6, 6.07) is 3.56. The summed E-state index contributed by atoms with van der Waals surface area (Å²) in [4.78, 5) is 6.41. The van der Waals surface area contributed by atoms with Gasteiger partial charge in [-0.2, -0.15) is 0 Å². The van der Waals surface area contributed by atoms with Gasteiger partial charge in [-0.15, -0.1) is 0 Å². The van der Waals surface area contributed by atoms with Gasteiger partial charge in [-0.25, -0.2) is 9.37 Å². The number of aliphatic hydroxyl groups excluding tert-OH is 1. The summed E-state index contributed by atoms with van der Waals surface area (Å²) in [7, 11) is 0. The number of piperazine rings is 1. The van der Waals surface area contributed by atoms with Crippen molar-refractivity contribution in [2.24, 2.45) is 0 Å². The highest BCUT2D eigenvalue weighted by Crippen LogP contribution is 2.16. The molecule has 1 aliphatic rings. The van der Waals surface area contributed by atoms with Gasteiger partial charge in [0.2, 0.25) is 0 Å². The van der Waals surface area contributed by atoms with Crippen LogP contribution in [0.1, 0.15) is 11.7 Å². The lowest BCUT2D eigenvalue weighted by molar-refractivity contribution is 0.141. The summed E-state index contributed by atoms with van der Waals surface area (Å²) in [6.45, 7) is 3.00. The molecule has 1 atom stereocenters. The summed E-state index contributed by atoms with van der Waals surface area (Å²) >= 11 is 0. The molecule has 1 saturated heterocycles. The second kappa shape index (κ2) is 5.23. The molecule has 0 radical (unpaired) electrons. The standard InChI is InChI=1S/C11H16FN3O/c12-7-10(16)9-1-2-11(14-8-9)15-5-3-13-4-6-15/h1-2,8,10,13,16H,3-7H2. The van der Waals surface area contributed by atoms with E-state index in [2.05, 4.69) is 15.2 Å². The van der Waals surface area contributed by atoms with E-state index in [0.717, 1.165) is 32.0 Å². The Morgan fingerprint density at radius 3 is 2.75 bits per heavy atom. The Morgan fingerprint density at radius 1 is 1.44 bits per heavy atom. The number of halogens is 1. The first-order valence-corrected chi connectivity index (χ1v) is 5.47. The number of nitrogens with zero attached hydrogens (tertiary/aromatic N) is 2. The molecule has 1 aromatic heterocycles. The van der Waals surface area contributed by atoms with Gasteiger partial charge in [0, 0.05) is 37.9 Å². The number of aromatic nitrogens is 1. The molecule has 2 N–H and O–H groups in total. The third-order valence-corrected chi connectivity index (χ3v) is 2.74. The lowest BCUT2D eigenvalue weighted by Gasteiger charge is -2.28. The van der Waals surface area contributed by atoms with Crippen LogP contribution in [0, 0.1) is 0 Å². The van der Waals surface area contributed by atoms with Crippen molar-refractivity contribution in [1.82, 2.24) is 10.3 Å². The van der Waals surface area contributed by atoms with Gasteiger partial charge in [0.25, 0.3) is 0 Å². The third-order valence-electron chi connectivity index (χ3n) is 2.74. The van der Waals surface area contributed by atoms with E-state index < -0.39 is 12.8 Å². The van der Waals surface area contributed by atoms with E-state index in [4.69, 9.17) is 0 Å². The predicted octanol–water partition coefficient (Wildman–Crippen LogP) is 0.494. The number of anilines is 1. The second-order valence-corrected chi connectivity index (χ2v) is 3.86. The van der Waals surface area contributed by atoms with Gasteiger partial charge in [0.05, 0.1) is 0 Å². The van der Waals surface area contributed by atoms with E-state index in [1.807, 2.05) is 6.07 Å². The minimum Gasteiger partial charge on any atom is -0.386 e. The molecule has 0 saturated carbocycles. The Kier molecular flexibility index (Phi) is 3.69. The van der Waals surface area contributed by atoms with Crippen molar-refractivity contribution in [3.05, 3.63) is 23.9 Å². The largest absolute Gasteiger partial charge is 0.386 e. The van der Waals surface area contributed by atoms with Crippen molar-refractivity contribution in [3.8, 4) is 0 Å². The molecular formula is C11H16FN3O. The van der Waals surface area contributed by atoms with Crippen molar-refractivity contribution >= 4 is 5.82 Å². The molecule has 2 rings (SSSR count). The maximum absolute atomic E-state index is 12.2. The average molecular weight is 225 g/mol. The Bertz CT molecular complexity index is 325. The van der Waals surface area contributed by atoms with Gasteiger partial charge in [-0.1, -0.05) is 6.07 Å². The molecular weight excluding hydrogens is 209 g/mol. The van der Waals surface area contributed by atoms with Crippen molar-refractivity contribution in [2.45, 2.75) is 6.10 Å². The van der Waals surface area contributed by atoms with Gasteiger partial charge < -0.3 is 15.3 Å². The van der Waals surface area contributed by atoms with Crippen molar-refractivity contribution in [1.29, 1.82) is 0 Å². The summed E-state index contributed by atoms with van der Waals surface area (Å²) in [6.07, 6.45) is 0.492. The maximum atomic E-state index is 12.2. The van der Waals surface area contributed by atoms with Crippen molar-refractivity contribution in [3.63, 3.8) is 0 Å². The molecule has 1 aliphatic heterocycles. The number of alkyl halides is 1. The highest BCUT2D eigenvalue weighted by atomic mass is 19.1. The van der Waals surface area contributed by atoms with E-state index in [1.54, 1.807) is 12.3 Å². The number of nitrogens with one attached hydrogen (secondary N) is 1. The molecule has 0 spiro atoms.